The van der Waals surface area contributed by atoms with Crippen LogP contribution in [0, 0.1) is 18.3 Å². The van der Waals surface area contributed by atoms with E-state index in [-0.39, 0.29) is 5.91 Å². The first-order chi connectivity index (χ1) is 10.1. The van der Waals surface area contributed by atoms with Crippen LogP contribution in [0.1, 0.15) is 34.4 Å². The van der Waals surface area contributed by atoms with Crippen LogP contribution in [0.3, 0.4) is 0 Å². The van der Waals surface area contributed by atoms with Crippen molar-refractivity contribution in [1.82, 2.24) is 5.32 Å². The molecule has 0 fully saturated rings. The van der Waals surface area contributed by atoms with Gasteiger partial charge in [-0.15, -0.1) is 0 Å². The van der Waals surface area contributed by atoms with Crippen LogP contribution in [0.4, 0.5) is 5.69 Å². The number of rotatable bonds is 5. The Morgan fingerprint density at radius 1 is 1.33 bits per heavy atom. The molecule has 0 saturated carbocycles. The number of carbonyl (C=O) groups excluding carboxylic acids is 1. The van der Waals surface area contributed by atoms with Gasteiger partial charge in [0.1, 0.15) is 11.8 Å². The fourth-order valence-corrected chi connectivity index (χ4v) is 1.93. The molecule has 2 N–H and O–H groups in total. The Balaban J connectivity index is 2.10. The Morgan fingerprint density at radius 3 is 2.81 bits per heavy atom. The third-order valence-corrected chi connectivity index (χ3v) is 3.06. The van der Waals surface area contributed by atoms with Crippen LogP contribution in [0.25, 0.3) is 0 Å². The summed E-state index contributed by atoms with van der Waals surface area (Å²) in [6.07, 6.45) is 0. The largest absolute Gasteiger partial charge is 0.449 e. The van der Waals surface area contributed by atoms with Gasteiger partial charge in [0.25, 0.3) is 5.91 Å². The van der Waals surface area contributed by atoms with Crippen molar-refractivity contribution in [2.45, 2.75) is 20.4 Å². The zero-order valence-corrected chi connectivity index (χ0v) is 12.1. The fraction of sp³-hybridized carbons (Fsp3) is 0.250. The van der Waals surface area contributed by atoms with Crippen LogP contribution in [-0.4, -0.2) is 12.5 Å². The maximum atomic E-state index is 11.8. The molecule has 0 spiro atoms. The lowest BCUT2D eigenvalue weighted by Crippen LogP contribution is -2.22. The van der Waals surface area contributed by atoms with Crippen molar-refractivity contribution in [3.63, 3.8) is 0 Å². The zero-order chi connectivity index (χ0) is 15.2. The van der Waals surface area contributed by atoms with E-state index in [0.717, 1.165) is 11.3 Å². The van der Waals surface area contributed by atoms with E-state index < -0.39 is 0 Å². The molecule has 108 valence electrons. The highest BCUT2D eigenvalue weighted by Gasteiger charge is 2.08. The summed E-state index contributed by atoms with van der Waals surface area (Å²) in [5, 5.41) is 14.7. The van der Waals surface area contributed by atoms with Gasteiger partial charge in [0.15, 0.2) is 0 Å². The quantitative estimate of drug-likeness (QED) is 0.884. The van der Waals surface area contributed by atoms with Crippen LogP contribution < -0.4 is 10.6 Å². The molecule has 5 nitrogen and oxygen atoms in total. The number of hydrogen-bond donors (Lipinski definition) is 2. The van der Waals surface area contributed by atoms with Gasteiger partial charge in [-0.3, -0.25) is 4.79 Å². The molecular formula is C16H17N3O2. The number of hydrogen-bond acceptors (Lipinski definition) is 4. The second kappa shape index (κ2) is 6.62. The lowest BCUT2D eigenvalue weighted by Gasteiger charge is -2.10. The van der Waals surface area contributed by atoms with Crippen LogP contribution >= 0.6 is 0 Å². The number of nitrogens with one attached hydrogen (secondary N) is 2. The summed E-state index contributed by atoms with van der Waals surface area (Å²) in [4.78, 5) is 11.8. The number of nitrogens with zero attached hydrogens (tertiary/aromatic N) is 1. The third-order valence-electron chi connectivity index (χ3n) is 3.06. The fourth-order valence-electron chi connectivity index (χ4n) is 1.93. The van der Waals surface area contributed by atoms with E-state index in [4.69, 9.17) is 9.68 Å². The van der Waals surface area contributed by atoms with Crippen molar-refractivity contribution < 1.29 is 9.21 Å². The van der Waals surface area contributed by atoms with Crippen molar-refractivity contribution in [3.05, 3.63) is 53.0 Å². The van der Waals surface area contributed by atoms with E-state index >= 15 is 0 Å². The minimum atomic E-state index is -0.0923. The van der Waals surface area contributed by atoms with Gasteiger partial charge in [-0.2, -0.15) is 5.26 Å². The molecule has 0 radical (unpaired) electrons. The molecule has 5 heteroatoms. The molecule has 0 aliphatic carbocycles. The highest BCUT2D eigenvalue weighted by molar-refractivity contribution is 5.95. The van der Waals surface area contributed by atoms with E-state index in [1.807, 2.05) is 32.0 Å². The summed E-state index contributed by atoms with van der Waals surface area (Å²) in [5.41, 5.74) is 2.52. The number of carbonyl (C=O) groups is 1. The molecule has 1 heterocycles. The van der Waals surface area contributed by atoms with E-state index in [2.05, 4.69) is 10.6 Å². The van der Waals surface area contributed by atoms with E-state index in [1.165, 1.54) is 0 Å². The number of amides is 1. The first kappa shape index (κ1) is 14.7. The van der Waals surface area contributed by atoms with Gasteiger partial charge in [-0.05, 0) is 43.7 Å². The van der Waals surface area contributed by atoms with Gasteiger partial charge in [0, 0.05) is 17.8 Å². The topological polar surface area (TPSA) is 78.1 Å². The lowest BCUT2D eigenvalue weighted by atomic mass is 10.1. The minimum absolute atomic E-state index is 0.0923. The lowest BCUT2D eigenvalue weighted by molar-refractivity contribution is 0.0956. The molecule has 0 aliphatic rings. The predicted molar refractivity (Wildman–Crippen MR) is 79.9 cm³/mol. The average molecular weight is 283 g/mol. The minimum Gasteiger partial charge on any atom is -0.449 e. The molecule has 0 bridgehead atoms. The van der Waals surface area contributed by atoms with Gasteiger partial charge >= 0.3 is 0 Å². The van der Waals surface area contributed by atoms with Crippen LogP contribution in [0.15, 0.2) is 34.7 Å². The van der Waals surface area contributed by atoms with Crippen molar-refractivity contribution in [2.24, 2.45) is 0 Å². The Bertz CT molecular complexity index is 683. The van der Waals surface area contributed by atoms with E-state index in [9.17, 15) is 4.79 Å². The smallest absolute Gasteiger partial charge is 0.251 e. The second-order valence-corrected chi connectivity index (χ2v) is 4.62. The number of nitriles is 1. The highest BCUT2D eigenvalue weighted by atomic mass is 16.3. The summed E-state index contributed by atoms with van der Waals surface area (Å²) in [7, 11) is 0. The van der Waals surface area contributed by atoms with Crippen LogP contribution in [0.2, 0.25) is 0 Å². The summed E-state index contributed by atoms with van der Waals surface area (Å²) >= 11 is 0. The summed E-state index contributed by atoms with van der Waals surface area (Å²) < 4.78 is 5.31. The summed E-state index contributed by atoms with van der Waals surface area (Å²) in [5.74, 6) is 0.874. The maximum absolute atomic E-state index is 11.8. The Kier molecular flexibility index (Phi) is 4.62. The highest BCUT2D eigenvalue weighted by Crippen LogP contribution is 2.18. The predicted octanol–water partition coefficient (Wildman–Crippen LogP) is 2.82. The maximum Gasteiger partial charge on any atom is 0.251 e. The van der Waals surface area contributed by atoms with Crippen molar-refractivity contribution in [3.8, 4) is 6.07 Å². The van der Waals surface area contributed by atoms with E-state index in [1.54, 1.807) is 18.2 Å². The molecule has 1 amide bonds. The van der Waals surface area contributed by atoms with Gasteiger partial charge in [0.05, 0.1) is 6.54 Å². The second-order valence-electron chi connectivity index (χ2n) is 4.62. The molecule has 1 aromatic heterocycles. The third kappa shape index (κ3) is 3.63. The normalized spacial score (nSPS) is 9.95. The summed E-state index contributed by atoms with van der Waals surface area (Å²) in [6, 6.07) is 10.9. The molecular weight excluding hydrogens is 266 g/mol. The first-order valence-corrected chi connectivity index (χ1v) is 6.75. The number of furan rings is 1. The van der Waals surface area contributed by atoms with Crippen molar-refractivity contribution >= 4 is 11.6 Å². The number of benzene rings is 1. The van der Waals surface area contributed by atoms with Crippen molar-refractivity contribution in [2.75, 3.05) is 11.9 Å². The summed E-state index contributed by atoms with van der Waals surface area (Å²) in [6.45, 7) is 4.90. The Morgan fingerprint density at radius 2 is 2.14 bits per heavy atom. The van der Waals surface area contributed by atoms with E-state index in [0.29, 0.717) is 30.2 Å². The molecule has 21 heavy (non-hydrogen) atoms. The molecule has 0 aliphatic heterocycles. The zero-order valence-electron chi connectivity index (χ0n) is 12.1. The molecule has 1 aromatic carbocycles. The average Bonchev–Trinajstić information content (AvgIpc) is 2.94. The van der Waals surface area contributed by atoms with Gasteiger partial charge < -0.3 is 15.1 Å². The Hall–Kier alpha value is -2.74. The molecule has 2 rings (SSSR count). The van der Waals surface area contributed by atoms with Gasteiger partial charge in [0.2, 0.25) is 5.76 Å². The number of aryl methyl sites for hydroxylation is 1. The molecule has 2 aromatic rings. The van der Waals surface area contributed by atoms with Crippen LogP contribution in [0.5, 0.6) is 0 Å². The molecule has 0 saturated heterocycles. The van der Waals surface area contributed by atoms with Gasteiger partial charge in [-0.25, -0.2) is 0 Å². The van der Waals surface area contributed by atoms with Crippen LogP contribution in [-0.2, 0) is 6.54 Å². The standard InChI is InChI=1S/C16H17N3O2/c1-3-18-16(20)12-5-4-11(2)15(8-12)19-10-14-7-6-13(9-17)21-14/h4-8,19H,3,10H2,1-2H3,(H,18,20). The molecule has 0 atom stereocenters. The molecule has 0 unspecified atom stereocenters. The number of anilines is 1. The first-order valence-electron chi connectivity index (χ1n) is 6.75. The Labute approximate surface area is 123 Å². The van der Waals surface area contributed by atoms with Gasteiger partial charge in [-0.1, -0.05) is 6.07 Å². The SMILES string of the molecule is CCNC(=O)c1ccc(C)c(NCc2ccc(C#N)o2)c1. The monoisotopic (exact) mass is 283 g/mol. The van der Waals surface area contributed by atoms with Crippen molar-refractivity contribution in [1.29, 1.82) is 5.26 Å².